The fraction of sp³-hybridized carbons (Fsp3) is 0.333. The smallest absolute Gasteiger partial charge is 0.350 e. The van der Waals surface area contributed by atoms with Crippen LogP contribution in [0.4, 0.5) is 5.69 Å². The van der Waals surface area contributed by atoms with E-state index in [1.54, 1.807) is 33.7 Å². The lowest BCUT2D eigenvalue weighted by atomic mass is 10.1. The molecule has 9 heteroatoms. The first-order chi connectivity index (χ1) is 16.0. The Hall–Kier alpha value is -3.39. The Labute approximate surface area is 195 Å². The van der Waals surface area contributed by atoms with Gasteiger partial charge in [-0.05, 0) is 49.2 Å². The Bertz CT molecular complexity index is 1230. The van der Waals surface area contributed by atoms with E-state index in [0.717, 1.165) is 30.0 Å². The largest absolute Gasteiger partial charge is 0.354 e. The molecule has 8 nitrogen and oxygen atoms in total. The average molecular weight is 466 g/mol. The van der Waals surface area contributed by atoms with E-state index >= 15 is 0 Å². The van der Waals surface area contributed by atoms with Crippen LogP contribution >= 0.6 is 11.6 Å². The van der Waals surface area contributed by atoms with Gasteiger partial charge in [-0.3, -0.25) is 9.59 Å². The highest BCUT2D eigenvalue weighted by Gasteiger charge is 2.35. The Morgan fingerprint density at radius 3 is 2.45 bits per heavy atom. The summed E-state index contributed by atoms with van der Waals surface area (Å²) in [5.41, 5.74) is 1.32. The highest BCUT2D eigenvalue weighted by Crippen LogP contribution is 2.39. The van der Waals surface area contributed by atoms with Crippen LogP contribution in [-0.4, -0.2) is 39.3 Å². The summed E-state index contributed by atoms with van der Waals surface area (Å²) < 4.78 is 3.08. The number of hydrogen-bond donors (Lipinski definition) is 1. The molecule has 0 spiro atoms. The van der Waals surface area contributed by atoms with Crippen molar-refractivity contribution in [3.05, 3.63) is 75.9 Å². The number of carbonyl (C=O) groups is 2. The van der Waals surface area contributed by atoms with Gasteiger partial charge in [-0.1, -0.05) is 29.8 Å². The third-order valence-corrected chi connectivity index (χ3v) is 6.33. The molecular weight excluding hydrogens is 442 g/mol. The molecule has 1 aromatic heterocycles. The Kier molecular flexibility index (Phi) is 5.76. The van der Waals surface area contributed by atoms with Crippen LogP contribution in [0.5, 0.6) is 0 Å². The molecule has 1 aliphatic heterocycles. The summed E-state index contributed by atoms with van der Waals surface area (Å²) in [5, 5.41) is 8.02. The summed E-state index contributed by atoms with van der Waals surface area (Å²) in [6.07, 6.45) is 2.21. The molecule has 5 rings (SSSR count). The molecule has 0 bridgehead atoms. The van der Waals surface area contributed by atoms with E-state index in [2.05, 4.69) is 10.4 Å². The molecule has 170 valence electrons. The van der Waals surface area contributed by atoms with Gasteiger partial charge in [-0.25, -0.2) is 14.0 Å². The Balaban J connectivity index is 1.22. The van der Waals surface area contributed by atoms with Crippen molar-refractivity contribution in [2.45, 2.75) is 31.7 Å². The molecule has 1 saturated heterocycles. The van der Waals surface area contributed by atoms with Gasteiger partial charge in [0.15, 0.2) is 0 Å². The lowest BCUT2D eigenvalue weighted by Crippen LogP contribution is -2.36. The Morgan fingerprint density at radius 2 is 1.76 bits per heavy atom. The molecular formula is C24H24ClN5O3. The van der Waals surface area contributed by atoms with Crippen molar-refractivity contribution in [2.75, 3.05) is 18.0 Å². The molecule has 2 aliphatic rings. The maximum absolute atomic E-state index is 13.0. The quantitative estimate of drug-likeness (QED) is 0.581. The minimum Gasteiger partial charge on any atom is -0.354 e. The highest BCUT2D eigenvalue weighted by atomic mass is 35.5. The van der Waals surface area contributed by atoms with Gasteiger partial charge in [0.25, 0.3) is 0 Å². The van der Waals surface area contributed by atoms with Crippen LogP contribution in [-0.2, 0) is 16.1 Å². The lowest BCUT2D eigenvalue weighted by Gasteiger charge is -2.16. The molecule has 2 fully saturated rings. The van der Waals surface area contributed by atoms with Gasteiger partial charge in [0.2, 0.25) is 11.8 Å². The second kappa shape index (κ2) is 8.86. The van der Waals surface area contributed by atoms with E-state index in [-0.39, 0.29) is 37.0 Å². The summed E-state index contributed by atoms with van der Waals surface area (Å²) in [6.45, 7) is 0.854. The second-order valence-corrected chi connectivity index (χ2v) is 8.92. The zero-order valence-electron chi connectivity index (χ0n) is 18.0. The van der Waals surface area contributed by atoms with Crippen LogP contribution in [0, 0.1) is 5.92 Å². The van der Waals surface area contributed by atoms with Gasteiger partial charge >= 0.3 is 5.69 Å². The first kappa shape index (κ1) is 21.5. The number of rotatable bonds is 7. The molecule has 1 unspecified atom stereocenters. The maximum atomic E-state index is 13.0. The van der Waals surface area contributed by atoms with Crippen molar-refractivity contribution >= 4 is 29.1 Å². The monoisotopic (exact) mass is 465 g/mol. The number of amides is 2. The van der Waals surface area contributed by atoms with Crippen molar-refractivity contribution in [2.24, 2.45) is 5.92 Å². The van der Waals surface area contributed by atoms with Gasteiger partial charge in [-0.2, -0.15) is 5.10 Å². The number of benzene rings is 2. The van der Waals surface area contributed by atoms with Crippen LogP contribution in [0.3, 0.4) is 0 Å². The number of para-hydroxylation sites is 1. The number of nitrogens with one attached hydrogen (secondary N) is 1. The van der Waals surface area contributed by atoms with E-state index in [1.807, 2.05) is 30.3 Å². The summed E-state index contributed by atoms with van der Waals surface area (Å²) in [6, 6.07) is 16.5. The summed E-state index contributed by atoms with van der Waals surface area (Å²) >= 11 is 5.92. The van der Waals surface area contributed by atoms with E-state index in [9.17, 15) is 14.4 Å². The molecule has 33 heavy (non-hydrogen) atoms. The molecule has 1 aliphatic carbocycles. The van der Waals surface area contributed by atoms with Crippen molar-refractivity contribution in [3.8, 4) is 5.69 Å². The molecule has 1 atom stereocenters. The standard InChI is InChI=1S/C24H24ClN5O3/c25-18-8-10-19(11-9-18)28-15-17(14-21(28)31)23(32)26-12-13-29-24(33)30(20-4-2-1-3-5-20)22(27-29)16-6-7-16/h1-5,8-11,16-17H,6-7,12-15H2,(H,26,32). The molecule has 3 aromatic rings. The average Bonchev–Trinajstić information content (AvgIpc) is 3.52. The second-order valence-electron chi connectivity index (χ2n) is 8.48. The molecule has 2 amide bonds. The fourth-order valence-corrected chi connectivity index (χ4v) is 4.30. The van der Waals surface area contributed by atoms with Crippen molar-refractivity contribution in [3.63, 3.8) is 0 Å². The maximum Gasteiger partial charge on any atom is 0.350 e. The van der Waals surface area contributed by atoms with E-state index < -0.39 is 5.92 Å². The topological polar surface area (TPSA) is 89.2 Å². The number of aromatic nitrogens is 3. The molecule has 1 N–H and O–H groups in total. The minimum absolute atomic E-state index is 0.0932. The van der Waals surface area contributed by atoms with E-state index in [1.165, 1.54) is 4.68 Å². The number of hydrogen-bond acceptors (Lipinski definition) is 4. The summed E-state index contributed by atoms with van der Waals surface area (Å²) in [4.78, 5) is 39.7. The number of carbonyl (C=O) groups excluding carboxylic acids is 2. The van der Waals surface area contributed by atoms with Crippen molar-refractivity contribution in [1.82, 2.24) is 19.7 Å². The fourth-order valence-electron chi connectivity index (χ4n) is 4.18. The van der Waals surface area contributed by atoms with Crippen LogP contribution in [0.1, 0.15) is 31.0 Å². The predicted molar refractivity (Wildman–Crippen MR) is 125 cm³/mol. The van der Waals surface area contributed by atoms with Crippen LogP contribution in [0.15, 0.2) is 59.4 Å². The van der Waals surface area contributed by atoms with Gasteiger partial charge in [0.1, 0.15) is 5.82 Å². The molecule has 1 saturated carbocycles. The first-order valence-corrected chi connectivity index (χ1v) is 11.5. The van der Waals surface area contributed by atoms with Crippen LogP contribution in [0.2, 0.25) is 5.02 Å². The molecule has 2 heterocycles. The lowest BCUT2D eigenvalue weighted by molar-refractivity contribution is -0.126. The number of halogens is 1. The number of nitrogens with zero attached hydrogens (tertiary/aromatic N) is 4. The highest BCUT2D eigenvalue weighted by molar-refractivity contribution is 6.30. The first-order valence-electron chi connectivity index (χ1n) is 11.1. The van der Waals surface area contributed by atoms with E-state index in [0.29, 0.717) is 17.5 Å². The zero-order chi connectivity index (χ0) is 22.9. The summed E-state index contributed by atoms with van der Waals surface area (Å²) in [7, 11) is 0. The van der Waals surface area contributed by atoms with Crippen molar-refractivity contribution < 1.29 is 9.59 Å². The van der Waals surface area contributed by atoms with Crippen molar-refractivity contribution in [1.29, 1.82) is 0 Å². The predicted octanol–water partition coefficient (Wildman–Crippen LogP) is 2.73. The van der Waals surface area contributed by atoms with Crippen LogP contribution < -0.4 is 15.9 Å². The SMILES string of the molecule is O=C(NCCn1nc(C2CC2)n(-c2ccccc2)c1=O)C1CC(=O)N(c2ccc(Cl)cc2)C1. The third-order valence-electron chi connectivity index (χ3n) is 6.08. The van der Waals surface area contributed by atoms with Gasteiger partial charge in [-0.15, -0.1) is 0 Å². The molecule has 2 aromatic carbocycles. The third kappa shape index (κ3) is 4.43. The van der Waals surface area contributed by atoms with Gasteiger partial charge in [0, 0.05) is 36.1 Å². The van der Waals surface area contributed by atoms with Gasteiger partial charge < -0.3 is 10.2 Å². The normalized spacial score (nSPS) is 18.0. The zero-order valence-corrected chi connectivity index (χ0v) is 18.7. The number of anilines is 1. The van der Waals surface area contributed by atoms with Gasteiger partial charge in [0.05, 0.1) is 18.2 Å². The molecule has 0 radical (unpaired) electrons. The van der Waals surface area contributed by atoms with E-state index in [4.69, 9.17) is 11.6 Å². The summed E-state index contributed by atoms with van der Waals surface area (Å²) in [5.74, 6) is 0.352. The Morgan fingerprint density at radius 1 is 1.03 bits per heavy atom. The minimum atomic E-state index is -0.436. The van der Waals surface area contributed by atoms with Crippen LogP contribution in [0.25, 0.3) is 5.69 Å².